The average molecular weight is 369 g/mol. The molecule has 0 aliphatic carbocycles. The van der Waals surface area contributed by atoms with Crippen molar-refractivity contribution in [3.05, 3.63) is 65.1 Å². The predicted octanol–water partition coefficient (Wildman–Crippen LogP) is 3.01. The fourth-order valence-corrected chi connectivity index (χ4v) is 3.11. The molecule has 3 aromatic rings. The van der Waals surface area contributed by atoms with Gasteiger partial charge < -0.3 is 15.1 Å². The van der Waals surface area contributed by atoms with Crippen LogP contribution >= 0.6 is 11.3 Å². The van der Waals surface area contributed by atoms with Crippen LogP contribution in [0.5, 0.6) is 0 Å². The minimum atomic E-state index is -0.370. The number of nitrogens with zero attached hydrogens (tertiary/aromatic N) is 1. The highest BCUT2D eigenvalue weighted by atomic mass is 32.1. The fraction of sp³-hybridized carbons (Fsp3) is 0.211. The summed E-state index contributed by atoms with van der Waals surface area (Å²) >= 11 is 1.40. The lowest BCUT2D eigenvalue weighted by Crippen LogP contribution is -2.36. The topological polar surface area (TPSA) is 84.2 Å². The summed E-state index contributed by atoms with van der Waals surface area (Å²) in [5, 5.41) is 7.71. The molecule has 0 spiro atoms. The van der Waals surface area contributed by atoms with Crippen LogP contribution in [0.3, 0.4) is 0 Å². The lowest BCUT2D eigenvalue weighted by atomic mass is 10.1. The van der Waals surface area contributed by atoms with Crippen molar-refractivity contribution in [2.75, 3.05) is 6.54 Å². The first-order chi connectivity index (χ1) is 12.7. The van der Waals surface area contributed by atoms with Crippen molar-refractivity contribution in [3.63, 3.8) is 0 Å². The van der Waals surface area contributed by atoms with Gasteiger partial charge in [-0.15, -0.1) is 11.3 Å². The number of aromatic nitrogens is 1. The Morgan fingerprint density at radius 1 is 1.15 bits per heavy atom. The second-order valence-electron chi connectivity index (χ2n) is 5.63. The van der Waals surface area contributed by atoms with Crippen molar-refractivity contribution in [3.8, 4) is 10.6 Å². The normalized spacial score (nSPS) is 10.5. The molecule has 2 aromatic heterocycles. The number of benzene rings is 1. The molecule has 2 amide bonds. The number of rotatable bonds is 7. The predicted molar refractivity (Wildman–Crippen MR) is 99.8 cm³/mol. The molecule has 3 rings (SSSR count). The number of aryl methyl sites for hydroxylation is 1. The maximum absolute atomic E-state index is 12.2. The van der Waals surface area contributed by atoms with Crippen molar-refractivity contribution in [1.29, 1.82) is 0 Å². The molecule has 0 saturated carbocycles. The lowest BCUT2D eigenvalue weighted by molar-refractivity contribution is -0.120. The van der Waals surface area contributed by atoms with Crippen molar-refractivity contribution in [1.82, 2.24) is 15.6 Å². The van der Waals surface area contributed by atoms with Crippen LogP contribution in [0.2, 0.25) is 0 Å². The monoisotopic (exact) mass is 369 g/mol. The number of carbonyl (C=O) groups excluding carboxylic acids is 2. The third-order valence-electron chi connectivity index (χ3n) is 3.80. The van der Waals surface area contributed by atoms with Crippen LogP contribution in [0.1, 0.15) is 28.7 Å². The van der Waals surface area contributed by atoms with Gasteiger partial charge in [-0.05, 0) is 24.1 Å². The number of nitrogens with one attached hydrogen (secondary N) is 2. The number of hydrogen-bond acceptors (Lipinski definition) is 5. The molecule has 0 unspecified atom stereocenters. The molecule has 0 saturated heterocycles. The van der Waals surface area contributed by atoms with E-state index in [4.69, 9.17) is 4.42 Å². The number of thiazole rings is 1. The van der Waals surface area contributed by atoms with Gasteiger partial charge >= 0.3 is 0 Å². The first kappa shape index (κ1) is 17.9. The Morgan fingerprint density at radius 2 is 1.96 bits per heavy atom. The zero-order valence-electron chi connectivity index (χ0n) is 14.3. The summed E-state index contributed by atoms with van der Waals surface area (Å²) < 4.78 is 5.13. The van der Waals surface area contributed by atoms with E-state index in [1.165, 1.54) is 16.9 Å². The van der Waals surface area contributed by atoms with Gasteiger partial charge in [0.1, 0.15) is 16.5 Å². The number of hydrogen-bond donors (Lipinski definition) is 2. The molecular weight excluding hydrogens is 350 g/mol. The molecular formula is C19H19N3O3S. The van der Waals surface area contributed by atoms with Crippen LogP contribution in [0.25, 0.3) is 10.6 Å². The molecule has 0 fully saturated rings. The van der Waals surface area contributed by atoms with Gasteiger partial charge in [0.05, 0.1) is 19.4 Å². The molecule has 6 nitrogen and oxygen atoms in total. The van der Waals surface area contributed by atoms with E-state index in [9.17, 15) is 9.59 Å². The van der Waals surface area contributed by atoms with Crippen LogP contribution in [-0.2, 0) is 17.8 Å². The van der Waals surface area contributed by atoms with Crippen LogP contribution in [0.4, 0.5) is 0 Å². The van der Waals surface area contributed by atoms with Gasteiger partial charge in [0.25, 0.3) is 5.91 Å². The third kappa shape index (κ3) is 4.58. The van der Waals surface area contributed by atoms with E-state index < -0.39 is 0 Å². The summed E-state index contributed by atoms with van der Waals surface area (Å²) in [4.78, 5) is 28.3. The summed E-state index contributed by atoms with van der Waals surface area (Å²) in [6.07, 6.45) is 2.52. The van der Waals surface area contributed by atoms with Gasteiger partial charge in [-0.25, -0.2) is 4.98 Å². The minimum absolute atomic E-state index is 0.113. The summed E-state index contributed by atoms with van der Waals surface area (Å²) in [6.45, 7) is 2.28. The Morgan fingerprint density at radius 3 is 2.65 bits per heavy atom. The molecule has 2 heterocycles. The zero-order valence-corrected chi connectivity index (χ0v) is 15.1. The molecule has 1 aromatic carbocycles. The minimum Gasteiger partial charge on any atom is -0.467 e. The van der Waals surface area contributed by atoms with Crippen LogP contribution in [-0.4, -0.2) is 23.3 Å². The van der Waals surface area contributed by atoms with Gasteiger partial charge in [-0.2, -0.15) is 0 Å². The van der Waals surface area contributed by atoms with Crippen molar-refractivity contribution in [2.24, 2.45) is 0 Å². The molecule has 0 aliphatic heterocycles. The van der Waals surface area contributed by atoms with E-state index >= 15 is 0 Å². The van der Waals surface area contributed by atoms with Gasteiger partial charge in [-0.3, -0.25) is 9.59 Å². The van der Waals surface area contributed by atoms with E-state index in [2.05, 4.69) is 34.7 Å². The van der Waals surface area contributed by atoms with E-state index in [-0.39, 0.29) is 24.9 Å². The Labute approximate surface area is 155 Å². The smallest absolute Gasteiger partial charge is 0.271 e. The van der Waals surface area contributed by atoms with E-state index in [1.807, 2.05) is 12.1 Å². The highest BCUT2D eigenvalue weighted by Gasteiger charge is 2.13. The summed E-state index contributed by atoms with van der Waals surface area (Å²) in [7, 11) is 0. The van der Waals surface area contributed by atoms with Crippen molar-refractivity contribution < 1.29 is 14.0 Å². The van der Waals surface area contributed by atoms with Gasteiger partial charge in [0, 0.05) is 10.9 Å². The largest absolute Gasteiger partial charge is 0.467 e. The Bertz CT molecular complexity index is 870. The SMILES string of the molecule is CCc1ccc(-c2nc(C(=O)NCC(=O)NCc3ccco3)cs2)cc1. The second-order valence-corrected chi connectivity index (χ2v) is 6.49. The third-order valence-corrected chi connectivity index (χ3v) is 4.69. The molecule has 0 radical (unpaired) electrons. The molecule has 134 valence electrons. The molecule has 0 atom stereocenters. The first-order valence-electron chi connectivity index (χ1n) is 8.28. The van der Waals surface area contributed by atoms with Crippen LogP contribution in [0, 0.1) is 0 Å². The molecule has 7 heteroatoms. The number of amides is 2. The Balaban J connectivity index is 1.51. The second kappa shape index (κ2) is 8.44. The standard InChI is InChI=1S/C19H19N3O3S/c1-2-13-5-7-14(8-6-13)19-22-16(12-26-19)18(24)21-11-17(23)20-10-15-4-3-9-25-15/h3-9,12H,2,10-11H2,1H3,(H,20,23)(H,21,24). The zero-order chi connectivity index (χ0) is 18.4. The number of furan rings is 1. The molecule has 2 N–H and O–H groups in total. The van der Waals surface area contributed by atoms with E-state index in [0.717, 1.165) is 17.0 Å². The maximum atomic E-state index is 12.2. The summed E-state index contributed by atoms with van der Waals surface area (Å²) in [5.74, 6) is -0.00547. The maximum Gasteiger partial charge on any atom is 0.271 e. The van der Waals surface area contributed by atoms with Crippen molar-refractivity contribution in [2.45, 2.75) is 19.9 Å². The molecule has 0 aliphatic rings. The van der Waals surface area contributed by atoms with Gasteiger partial charge in [-0.1, -0.05) is 31.2 Å². The molecule has 0 bridgehead atoms. The quantitative estimate of drug-likeness (QED) is 0.670. The van der Waals surface area contributed by atoms with Crippen molar-refractivity contribution >= 4 is 23.2 Å². The average Bonchev–Trinajstić information content (AvgIpc) is 3.36. The van der Waals surface area contributed by atoms with Gasteiger partial charge in [0.15, 0.2) is 0 Å². The Kier molecular flexibility index (Phi) is 5.80. The lowest BCUT2D eigenvalue weighted by Gasteiger charge is -2.04. The van der Waals surface area contributed by atoms with E-state index in [0.29, 0.717) is 11.5 Å². The first-order valence-corrected chi connectivity index (χ1v) is 9.16. The Hall–Kier alpha value is -2.93. The number of carbonyl (C=O) groups is 2. The highest BCUT2D eigenvalue weighted by Crippen LogP contribution is 2.24. The molecule has 26 heavy (non-hydrogen) atoms. The van der Waals surface area contributed by atoms with Crippen LogP contribution < -0.4 is 10.6 Å². The van der Waals surface area contributed by atoms with Gasteiger partial charge in [0.2, 0.25) is 5.91 Å². The fourth-order valence-electron chi connectivity index (χ4n) is 2.31. The highest BCUT2D eigenvalue weighted by molar-refractivity contribution is 7.13. The van der Waals surface area contributed by atoms with Crippen LogP contribution in [0.15, 0.2) is 52.5 Å². The van der Waals surface area contributed by atoms with E-state index in [1.54, 1.807) is 23.8 Å². The summed E-state index contributed by atoms with van der Waals surface area (Å²) in [5.41, 5.74) is 2.54. The summed E-state index contributed by atoms with van der Waals surface area (Å²) in [6, 6.07) is 11.6.